The highest BCUT2D eigenvalue weighted by Crippen LogP contribution is 2.48. The molecular weight excluding hydrogens is 885 g/mol. The van der Waals surface area contributed by atoms with Gasteiger partial charge in [-0.2, -0.15) is 0 Å². The zero-order valence-electron chi connectivity index (χ0n) is 38.2. The van der Waals surface area contributed by atoms with E-state index in [0.717, 1.165) is 64.6 Å². The van der Waals surface area contributed by atoms with Crippen LogP contribution in [0.1, 0.15) is 136 Å². The smallest absolute Gasteiger partial charge is 0.346 e. The molecule has 4 heterocycles. The van der Waals surface area contributed by atoms with Crippen molar-refractivity contribution >= 4 is 134 Å². The molecule has 0 radical (unpaired) electrons. The molecule has 70 heavy (non-hydrogen) atoms. The molecule has 4 aliphatic rings. The minimum absolute atomic E-state index is 0.151. The Morgan fingerprint density at radius 1 is 0.286 bits per heavy atom. The van der Waals surface area contributed by atoms with Gasteiger partial charge in [0, 0.05) is 55.9 Å². The molecule has 10 aromatic rings. The Balaban J connectivity index is 0.000000143. The SMILES string of the molecule is CCC(CC)N1C(=O)c2ccc3c4ccc5c6c(ccc(c7ccc(c2c37)C1=O)c64)C(=O)N(C(CC)CC)C5=O.O=C1OC(=O)c2ccc3c4ccc5c6c(ccc(c7ccc1c2c73)c64)C(=O)OC5=O. The van der Waals surface area contributed by atoms with Crippen molar-refractivity contribution < 1.29 is 47.8 Å². The van der Waals surface area contributed by atoms with Crippen LogP contribution < -0.4 is 0 Å². The Bertz CT molecular complexity index is 3690. The molecule has 0 saturated carbocycles. The number of imide groups is 2. The van der Waals surface area contributed by atoms with E-state index in [-0.39, 0.29) is 35.7 Å². The number of carbonyl (C=O) groups is 8. The van der Waals surface area contributed by atoms with Gasteiger partial charge in [-0.1, -0.05) is 76.2 Å². The van der Waals surface area contributed by atoms with Crippen LogP contribution in [-0.2, 0) is 9.47 Å². The Morgan fingerprint density at radius 2 is 0.471 bits per heavy atom. The van der Waals surface area contributed by atoms with Gasteiger partial charge in [0.1, 0.15) is 0 Å². The summed E-state index contributed by atoms with van der Waals surface area (Å²) >= 11 is 0. The molecule has 0 aromatic heterocycles. The molecule has 14 rings (SSSR count). The molecule has 0 fully saturated rings. The Hall–Kier alpha value is -8.64. The van der Waals surface area contributed by atoms with Crippen molar-refractivity contribution in [2.24, 2.45) is 0 Å². The fourth-order valence-corrected chi connectivity index (χ4v) is 12.2. The molecule has 0 aliphatic carbocycles. The van der Waals surface area contributed by atoms with E-state index in [1.807, 2.05) is 100 Å². The fraction of sp³-hybridized carbons (Fsp3) is 0.172. The molecule has 4 aliphatic heterocycles. The Morgan fingerprint density at radius 3 is 0.671 bits per heavy atom. The first-order valence-corrected chi connectivity index (χ1v) is 23.6. The molecule has 0 saturated heterocycles. The first kappa shape index (κ1) is 41.5. The summed E-state index contributed by atoms with van der Waals surface area (Å²) in [5.74, 6) is -3.65. The molecule has 4 amide bonds. The number of esters is 4. The van der Waals surface area contributed by atoms with Crippen LogP contribution in [0.5, 0.6) is 0 Å². The van der Waals surface area contributed by atoms with Gasteiger partial charge in [0.2, 0.25) is 0 Å². The molecule has 10 aromatic carbocycles. The predicted molar refractivity (Wildman–Crippen MR) is 265 cm³/mol. The van der Waals surface area contributed by atoms with Gasteiger partial charge in [0.25, 0.3) is 23.6 Å². The van der Waals surface area contributed by atoms with Gasteiger partial charge < -0.3 is 9.47 Å². The van der Waals surface area contributed by atoms with Gasteiger partial charge in [0.05, 0.1) is 22.3 Å². The average molecular weight is 923 g/mol. The maximum atomic E-state index is 13.7. The third-order valence-corrected chi connectivity index (χ3v) is 15.5. The van der Waals surface area contributed by atoms with Crippen molar-refractivity contribution in [2.45, 2.75) is 65.5 Å². The van der Waals surface area contributed by atoms with Crippen LogP contribution in [0.3, 0.4) is 0 Å². The minimum Gasteiger partial charge on any atom is -0.386 e. The number of hydrogen-bond donors (Lipinski definition) is 0. The van der Waals surface area contributed by atoms with Gasteiger partial charge in [-0.25, -0.2) is 19.2 Å². The molecule has 0 unspecified atom stereocenters. The molecule has 0 bridgehead atoms. The summed E-state index contributed by atoms with van der Waals surface area (Å²) < 4.78 is 9.74. The summed E-state index contributed by atoms with van der Waals surface area (Å²) in [6, 6.07) is 28.7. The van der Waals surface area contributed by atoms with Crippen LogP contribution in [0.4, 0.5) is 0 Å². The van der Waals surface area contributed by atoms with Crippen molar-refractivity contribution in [1.82, 2.24) is 9.80 Å². The van der Waals surface area contributed by atoms with Gasteiger partial charge in [0.15, 0.2) is 0 Å². The lowest BCUT2D eigenvalue weighted by Gasteiger charge is -2.34. The predicted octanol–water partition coefficient (Wildman–Crippen LogP) is 11.7. The molecule has 12 heteroatoms. The summed E-state index contributed by atoms with van der Waals surface area (Å²) in [5, 5.41) is 12.8. The topological polar surface area (TPSA) is 162 Å². The second-order valence-electron chi connectivity index (χ2n) is 18.5. The number of nitrogens with zero attached hydrogens (tertiary/aromatic N) is 2. The summed E-state index contributed by atoms with van der Waals surface area (Å²) in [5.41, 5.74) is 3.56. The van der Waals surface area contributed by atoms with E-state index in [2.05, 4.69) is 0 Å². The third kappa shape index (κ3) is 5.09. The number of rotatable bonds is 6. The van der Waals surface area contributed by atoms with E-state index in [9.17, 15) is 38.4 Å². The van der Waals surface area contributed by atoms with Crippen molar-refractivity contribution in [3.63, 3.8) is 0 Å². The van der Waals surface area contributed by atoms with Crippen LogP contribution in [0, 0.1) is 0 Å². The molecule has 12 nitrogen and oxygen atoms in total. The van der Waals surface area contributed by atoms with E-state index in [0.29, 0.717) is 91.7 Å². The van der Waals surface area contributed by atoms with Gasteiger partial charge in [-0.3, -0.25) is 29.0 Å². The van der Waals surface area contributed by atoms with Gasteiger partial charge in [-0.15, -0.1) is 0 Å². The third-order valence-electron chi connectivity index (χ3n) is 15.5. The van der Waals surface area contributed by atoms with Crippen LogP contribution in [0.2, 0.25) is 0 Å². The second-order valence-corrected chi connectivity index (χ2v) is 18.5. The lowest BCUT2D eigenvalue weighted by Crippen LogP contribution is -2.46. The fourth-order valence-electron chi connectivity index (χ4n) is 12.2. The summed E-state index contributed by atoms with van der Waals surface area (Å²) in [4.78, 5) is 107. The van der Waals surface area contributed by atoms with Crippen molar-refractivity contribution in [3.05, 3.63) is 142 Å². The maximum Gasteiger partial charge on any atom is 0.346 e. The maximum absolute atomic E-state index is 13.7. The van der Waals surface area contributed by atoms with Gasteiger partial charge >= 0.3 is 23.9 Å². The van der Waals surface area contributed by atoms with Crippen molar-refractivity contribution in [3.8, 4) is 0 Å². The first-order chi connectivity index (χ1) is 33.9. The normalized spacial score (nSPS) is 15.5. The standard InChI is InChI=1S/C34H30N2O4.C24H8O6/c1-5-17(6-2)35-31(37)23-13-9-19-21-11-15-25-30-26(34(40)36(33(25)39)18(7-3)8-4)16-12-22(28(21)30)20-10-14-24(32(35)38)29(23)27(19)20;25-21-13-5-1-9-10-2-6-15-20-16(24(28)30-23(15)27)8-4-12(18(10)20)11-3-7-14(22(26)29-21)19(13)17(9)11/h9-18H,5-8H2,1-4H3;1-8H. The highest BCUT2D eigenvalue weighted by molar-refractivity contribution is 6.42. The summed E-state index contributed by atoms with van der Waals surface area (Å²) in [6.45, 7) is 7.99. The van der Waals surface area contributed by atoms with Gasteiger partial charge in [-0.05, 0) is 139 Å². The number of benzene rings is 10. The van der Waals surface area contributed by atoms with E-state index in [4.69, 9.17) is 9.47 Å². The van der Waals surface area contributed by atoms with Crippen molar-refractivity contribution in [2.75, 3.05) is 0 Å². The number of carbonyl (C=O) groups excluding carboxylic acids is 8. The molecular formula is C58H38N2O10. The minimum atomic E-state index is -0.666. The summed E-state index contributed by atoms with van der Waals surface area (Å²) in [7, 11) is 0. The second kappa shape index (κ2) is 14.4. The number of fused-ring (bicyclic) bond motifs is 4. The van der Waals surface area contributed by atoms with E-state index < -0.39 is 23.9 Å². The zero-order valence-corrected chi connectivity index (χ0v) is 38.2. The molecule has 0 spiro atoms. The lowest BCUT2D eigenvalue weighted by molar-refractivity contribution is 0.0373. The van der Waals surface area contributed by atoms with Crippen LogP contribution in [0.25, 0.3) is 86.2 Å². The number of ether oxygens (including phenoxy) is 2. The quantitative estimate of drug-likeness (QED) is 0.0516. The van der Waals surface area contributed by atoms with Crippen molar-refractivity contribution in [1.29, 1.82) is 0 Å². The molecule has 0 N–H and O–H groups in total. The van der Waals surface area contributed by atoms with E-state index >= 15 is 0 Å². The zero-order chi connectivity index (χ0) is 48.3. The van der Waals surface area contributed by atoms with E-state index in [1.54, 1.807) is 24.3 Å². The van der Waals surface area contributed by atoms with Crippen LogP contribution >= 0.6 is 0 Å². The average Bonchev–Trinajstić information content (AvgIpc) is 3.37. The molecule has 340 valence electrons. The largest absolute Gasteiger partial charge is 0.386 e. The monoisotopic (exact) mass is 922 g/mol. The lowest BCUT2D eigenvalue weighted by atomic mass is 9.82. The van der Waals surface area contributed by atoms with Crippen LogP contribution in [0.15, 0.2) is 97.1 Å². The first-order valence-electron chi connectivity index (χ1n) is 23.6. The number of hydrogen-bond acceptors (Lipinski definition) is 10. The number of cyclic esters (lactones) is 4. The summed E-state index contributed by atoms with van der Waals surface area (Å²) in [6.07, 6.45) is 2.81. The Labute approximate surface area is 396 Å². The Kier molecular flexibility index (Phi) is 8.57. The highest BCUT2D eigenvalue weighted by Gasteiger charge is 2.40. The highest BCUT2D eigenvalue weighted by atomic mass is 16.6. The molecule has 0 atom stereocenters. The van der Waals surface area contributed by atoms with Crippen LogP contribution in [-0.4, -0.2) is 69.4 Å². The number of amides is 4. The van der Waals surface area contributed by atoms with E-state index in [1.165, 1.54) is 9.80 Å².